The van der Waals surface area contributed by atoms with Crippen LogP contribution in [-0.2, 0) is 4.74 Å². The van der Waals surface area contributed by atoms with Gasteiger partial charge in [0.1, 0.15) is 23.3 Å². The lowest BCUT2D eigenvalue weighted by atomic mass is 10.1. The molecule has 2 N–H and O–H groups in total. The van der Waals surface area contributed by atoms with E-state index in [9.17, 15) is 14.3 Å². The number of hydrogen-bond acceptors (Lipinski definition) is 4. The summed E-state index contributed by atoms with van der Waals surface area (Å²) in [5.74, 6) is -0.127. The van der Waals surface area contributed by atoms with Crippen LogP contribution in [0.25, 0.3) is 11.1 Å². The van der Waals surface area contributed by atoms with Crippen LogP contribution in [-0.4, -0.2) is 22.2 Å². The first-order valence-electron chi connectivity index (χ1n) is 6.72. The molecule has 5 nitrogen and oxygen atoms in total. The molecule has 6 heteroatoms. The molecule has 0 bridgehead atoms. The van der Waals surface area contributed by atoms with Gasteiger partial charge in [-0.1, -0.05) is 12.1 Å². The van der Waals surface area contributed by atoms with Crippen molar-refractivity contribution in [2.45, 2.75) is 18.9 Å². The smallest absolute Gasteiger partial charge is 0.262 e. The minimum absolute atomic E-state index is 0.0319. The Hall–Kier alpha value is -2.21. The number of rotatable bonds is 4. The number of aromatic amines is 1. The lowest BCUT2D eigenvalue weighted by molar-refractivity contribution is 0.0764. The van der Waals surface area contributed by atoms with Gasteiger partial charge in [0.05, 0.1) is 0 Å². The summed E-state index contributed by atoms with van der Waals surface area (Å²) in [6.45, 7) is 0. The van der Waals surface area contributed by atoms with Crippen LogP contribution in [0.1, 0.15) is 24.8 Å². The van der Waals surface area contributed by atoms with Crippen LogP contribution in [0.2, 0.25) is 0 Å². The van der Waals surface area contributed by atoms with Crippen LogP contribution in [0.3, 0.4) is 0 Å². The van der Waals surface area contributed by atoms with E-state index in [-0.39, 0.29) is 17.5 Å². The van der Waals surface area contributed by atoms with Gasteiger partial charge >= 0.3 is 0 Å². The lowest BCUT2D eigenvalue weighted by Gasteiger charge is -2.14. The maximum Gasteiger partial charge on any atom is 0.262 e. The third-order valence-electron chi connectivity index (χ3n) is 3.63. The molecule has 1 heterocycles. The number of aromatic nitrogens is 2. The standard InChI is InChI=1S/C15H15FN2O3/c1-21-12(9-2-3-9)13-17-14(19)11(15(20)18-13)8-4-6-10(16)7-5-8/h4-7,9,12H,2-3H2,1H3,(H2,17,18,19,20). The number of H-pyrrole nitrogens is 1. The Morgan fingerprint density at radius 3 is 2.57 bits per heavy atom. The van der Waals surface area contributed by atoms with E-state index in [0.29, 0.717) is 17.3 Å². The summed E-state index contributed by atoms with van der Waals surface area (Å²) in [6.07, 6.45) is 1.72. The predicted octanol–water partition coefficient (Wildman–Crippen LogP) is 2.38. The summed E-state index contributed by atoms with van der Waals surface area (Å²) < 4.78 is 18.3. The lowest BCUT2D eigenvalue weighted by Crippen LogP contribution is -2.18. The van der Waals surface area contributed by atoms with E-state index < -0.39 is 11.4 Å². The van der Waals surface area contributed by atoms with Gasteiger partial charge in [0, 0.05) is 7.11 Å². The first-order chi connectivity index (χ1) is 10.1. The van der Waals surface area contributed by atoms with Crippen LogP contribution in [0, 0.1) is 11.7 Å². The molecule has 1 atom stereocenters. The Kier molecular flexibility index (Phi) is 3.47. The monoisotopic (exact) mass is 290 g/mol. The summed E-state index contributed by atoms with van der Waals surface area (Å²) in [5, 5.41) is 10.1. The SMILES string of the molecule is COC(c1nc(O)c(-c2ccc(F)cc2)c(=O)[nH]1)C1CC1. The minimum Gasteiger partial charge on any atom is -0.493 e. The van der Waals surface area contributed by atoms with E-state index in [4.69, 9.17) is 4.74 Å². The van der Waals surface area contributed by atoms with Crippen molar-refractivity contribution in [2.75, 3.05) is 7.11 Å². The van der Waals surface area contributed by atoms with Crippen molar-refractivity contribution in [3.05, 3.63) is 46.3 Å². The van der Waals surface area contributed by atoms with Crippen molar-refractivity contribution in [2.24, 2.45) is 5.92 Å². The maximum atomic E-state index is 12.9. The number of nitrogens with zero attached hydrogens (tertiary/aromatic N) is 1. The number of benzene rings is 1. The number of methoxy groups -OCH3 is 1. The molecule has 0 radical (unpaired) electrons. The summed E-state index contributed by atoms with van der Waals surface area (Å²) in [6, 6.07) is 5.31. The molecular weight excluding hydrogens is 275 g/mol. The van der Waals surface area contributed by atoms with Gasteiger partial charge in [0.15, 0.2) is 0 Å². The highest BCUT2D eigenvalue weighted by Crippen LogP contribution is 2.42. The van der Waals surface area contributed by atoms with Crippen molar-refractivity contribution in [3.63, 3.8) is 0 Å². The van der Waals surface area contributed by atoms with Crippen LogP contribution in [0.4, 0.5) is 4.39 Å². The molecule has 21 heavy (non-hydrogen) atoms. The number of nitrogens with one attached hydrogen (secondary N) is 1. The van der Waals surface area contributed by atoms with E-state index >= 15 is 0 Å². The van der Waals surface area contributed by atoms with Crippen LogP contribution in [0.15, 0.2) is 29.1 Å². The van der Waals surface area contributed by atoms with Crippen molar-refractivity contribution >= 4 is 0 Å². The van der Waals surface area contributed by atoms with Crippen LogP contribution >= 0.6 is 0 Å². The summed E-state index contributed by atoms with van der Waals surface area (Å²) in [7, 11) is 1.55. The van der Waals surface area contributed by atoms with Gasteiger partial charge in [-0.15, -0.1) is 0 Å². The first-order valence-corrected chi connectivity index (χ1v) is 6.72. The maximum absolute atomic E-state index is 12.9. The molecule has 0 amide bonds. The van der Waals surface area contributed by atoms with E-state index in [1.165, 1.54) is 24.3 Å². The molecule has 1 aliphatic rings. The van der Waals surface area contributed by atoms with Crippen molar-refractivity contribution in [1.29, 1.82) is 0 Å². The molecule has 3 rings (SSSR count). The molecule has 1 fully saturated rings. The quantitative estimate of drug-likeness (QED) is 0.906. The molecule has 0 saturated heterocycles. The van der Waals surface area contributed by atoms with E-state index in [1.807, 2.05) is 0 Å². The van der Waals surface area contributed by atoms with E-state index in [2.05, 4.69) is 9.97 Å². The highest BCUT2D eigenvalue weighted by molar-refractivity contribution is 5.67. The third-order valence-corrected chi connectivity index (χ3v) is 3.63. The zero-order valence-electron chi connectivity index (χ0n) is 11.5. The van der Waals surface area contributed by atoms with Crippen molar-refractivity contribution in [1.82, 2.24) is 9.97 Å². The molecule has 1 aromatic heterocycles. The zero-order chi connectivity index (χ0) is 15.0. The first kappa shape index (κ1) is 13.8. The number of hydrogen-bond donors (Lipinski definition) is 2. The summed E-state index contributed by atoms with van der Waals surface area (Å²) in [5.41, 5.74) is -0.0224. The van der Waals surface area contributed by atoms with Gasteiger partial charge < -0.3 is 14.8 Å². The predicted molar refractivity (Wildman–Crippen MR) is 74.4 cm³/mol. The number of aromatic hydroxyl groups is 1. The fourth-order valence-corrected chi connectivity index (χ4v) is 2.42. The molecular formula is C15H15FN2O3. The molecule has 1 aliphatic carbocycles. The van der Waals surface area contributed by atoms with Gasteiger partial charge in [-0.3, -0.25) is 4.79 Å². The fraction of sp³-hybridized carbons (Fsp3) is 0.333. The molecule has 1 saturated carbocycles. The number of ether oxygens (including phenoxy) is 1. The Balaban J connectivity index is 2.03. The Labute approximate surface area is 120 Å². The zero-order valence-corrected chi connectivity index (χ0v) is 11.5. The van der Waals surface area contributed by atoms with Gasteiger partial charge in [-0.05, 0) is 36.5 Å². The Morgan fingerprint density at radius 1 is 1.38 bits per heavy atom. The average molecular weight is 290 g/mol. The molecule has 0 spiro atoms. The Bertz CT molecular complexity index is 708. The molecule has 110 valence electrons. The van der Waals surface area contributed by atoms with E-state index in [0.717, 1.165) is 12.8 Å². The Morgan fingerprint density at radius 2 is 2.05 bits per heavy atom. The highest BCUT2D eigenvalue weighted by atomic mass is 19.1. The summed E-state index contributed by atoms with van der Waals surface area (Å²) >= 11 is 0. The van der Waals surface area contributed by atoms with E-state index in [1.54, 1.807) is 7.11 Å². The summed E-state index contributed by atoms with van der Waals surface area (Å²) in [4.78, 5) is 18.9. The van der Waals surface area contributed by atoms with Gasteiger partial charge in [0.2, 0.25) is 5.88 Å². The van der Waals surface area contributed by atoms with Crippen LogP contribution < -0.4 is 5.56 Å². The van der Waals surface area contributed by atoms with Crippen LogP contribution in [0.5, 0.6) is 5.88 Å². The molecule has 1 aromatic carbocycles. The normalized spacial score (nSPS) is 15.9. The molecule has 2 aromatic rings. The van der Waals surface area contributed by atoms with Crippen molar-refractivity contribution < 1.29 is 14.2 Å². The fourth-order valence-electron chi connectivity index (χ4n) is 2.42. The average Bonchev–Trinajstić information content (AvgIpc) is 3.26. The molecule has 0 aliphatic heterocycles. The van der Waals surface area contributed by atoms with Crippen molar-refractivity contribution in [3.8, 4) is 17.0 Å². The van der Waals surface area contributed by atoms with Gasteiger partial charge in [-0.2, -0.15) is 4.98 Å². The highest BCUT2D eigenvalue weighted by Gasteiger charge is 2.34. The largest absolute Gasteiger partial charge is 0.493 e. The topological polar surface area (TPSA) is 75.2 Å². The van der Waals surface area contributed by atoms with Gasteiger partial charge in [0.25, 0.3) is 5.56 Å². The number of halogens is 1. The molecule has 1 unspecified atom stereocenters. The third kappa shape index (κ3) is 2.67. The minimum atomic E-state index is -0.466. The second-order valence-electron chi connectivity index (χ2n) is 5.15. The second-order valence-corrected chi connectivity index (χ2v) is 5.15. The van der Waals surface area contributed by atoms with Gasteiger partial charge in [-0.25, -0.2) is 4.39 Å². The second kappa shape index (κ2) is 5.29.